The van der Waals surface area contributed by atoms with Crippen molar-refractivity contribution in [3.8, 4) is 0 Å². The van der Waals surface area contributed by atoms with Gasteiger partial charge in [0, 0.05) is 0 Å². The molecule has 3 aliphatic carbocycles. The summed E-state index contributed by atoms with van der Waals surface area (Å²) < 4.78 is 0. The Hall–Kier alpha value is -0.260. The van der Waals surface area contributed by atoms with E-state index in [0.29, 0.717) is 16.2 Å². The van der Waals surface area contributed by atoms with Crippen LogP contribution in [0.3, 0.4) is 0 Å². The van der Waals surface area contributed by atoms with Crippen molar-refractivity contribution in [3.63, 3.8) is 0 Å². The second-order valence-electron chi connectivity index (χ2n) is 6.97. The van der Waals surface area contributed by atoms with Gasteiger partial charge in [-0.1, -0.05) is 39.3 Å². The maximum absolute atomic E-state index is 2.57. The van der Waals surface area contributed by atoms with Gasteiger partial charge in [-0.3, -0.25) is 0 Å². The van der Waals surface area contributed by atoms with Crippen molar-refractivity contribution < 1.29 is 0 Å². The molecular formula is C15H24. The number of rotatable bonds is 0. The molecular weight excluding hydrogens is 180 g/mol. The standard InChI is InChI=1S/C15H24/c1-13(2)12-9-5-7-11-8-6-10-14(11,3)15(12,13)4/h8,12H,5-7,9-10H2,1-4H3. The van der Waals surface area contributed by atoms with Crippen molar-refractivity contribution in [2.75, 3.05) is 0 Å². The molecule has 84 valence electrons. The molecule has 15 heavy (non-hydrogen) atoms. The molecule has 0 aromatic carbocycles. The van der Waals surface area contributed by atoms with Gasteiger partial charge in [-0.2, -0.15) is 0 Å². The minimum Gasteiger partial charge on any atom is -0.0847 e. The van der Waals surface area contributed by atoms with E-state index in [1.165, 1.54) is 32.1 Å². The Balaban J connectivity index is 2.09. The van der Waals surface area contributed by atoms with E-state index in [2.05, 4.69) is 33.8 Å². The summed E-state index contributed by atoms with van der Waals surface area (Å²) in [6.07, 6.45) is 9.60. The lowest BCUT2D eigenvalue weighted by Gasteiger charge is -2.38. The van der Waals surface area contributed by atoms with Crippen LogP contribution in [0.1, 0.15) is 59.8 Å². The Morgan fingerprint density at radius 1 is 1.20 bits per heavy atom. The fourth-order valence-electron chi connectivity index (χ4n) is 5.24. The minimum absolute atomic E-state index is 0.539. The summed E-state index contributed by atoms with van der Waals surface area (Å²) in [6, 6.07) is 0. The van der Waals surface area contributed by atoms with Crippen LogP contribution < -0.4 is 0 Å². The molecule has 2 fully saturated rings. The van der Waals surface area contributed by atoms with Crippen LogP contribution in [0.25, 0.3) is 0 Å². The topological polar surface area (TPSA) is 0 Å². The van der Waals surface area contributed by atoms with Gasteiger partial charge < -0.3 is 0 Å². The lowest BCUT2D eigenvalue weighted by Crippen LogP contribution is -2.30. The molecule has 0 saturated heterocycles. The molecule has 0 aromatic heterocycles. The summed E-state index contributed by atoms with van der Waals surface area (Å²) >= 11 is 0. The molecule has 0 aliphatic heterocycles. The zero-order valence-corrected chi connectivity index (χ0v) is 10.7. The minimum atomic E-state index is 0.539. The Kier molecular flexibility index (Phi) is 1.67. The van der Waals surface area contributed by atoms with Crippen LogP contribution in [0.5, 0.6) is 0 Å². The highest BCUT2D eigenvalue weighted by Crippen LogP contribution is 2.81. The van der Waals surface area contributed by atoms with Crippen LogP contribution in [-0.2, 0) is 0 Å². The predicted molar refractivity (Wildman–Crippen MR) is 64.7 cm³/mol. The largest absolute Gasteiger partial charge is 0.0847 e. The maximum atomic E-state index is 2.57. The average Bonchev–Trinajstić information content (AvgIpc) is 2.50. The highest BCUT2D eigenvalue weighted by molar-refractivity contribution is 5.34. The Bertz CT molecular complexity index is 336. The van der Waals surface area contributed by atoms with Crippen molar-refractivity contribution in [2.45, 2.75) is 59.8 Å². The van der Waals surface area contributed by atoms with Crippen LogP contribution in [0.15, 0.2) is 11.6 Å². The zero-order chi connectivity index (χ0) is 10.9. The quantitative estimate of drug-likeness (QED) is 0.507. The Labute approximate surface area is 94.1 Å². The van der Waals surface area contributed by atoms with E-state index in [1.807, 2.05) is 0 Å². The maximum Gasteiger partial charge on any atom is -0.00516 e. The second-order valence-corrected chi connectivity index (χ2v) is 6.97. The predicted octanol–water partition coefficient (Wildman–Crippen LogP) is 4.56. The Morgan fingerprint density at radius 3 is 2.67 bits per heavy atom. The highest BCUT2D eigenvalue weighted by Gasteiger charge is 2.75. The lowest BCUT2D eigenvalue weighted by atomic mass is 9.66. The van der Waals surface area contributed by atoms with E-state index < -0.39 is 0 Å². The monoisotopic (exact) mass is 204 g/mol. The SMILES string of the molecule is CC12CCC=C1CCCC1C(C)(C)C12C. The summed E-state index contributed by atoms with van der Waals surface area (Å²) in [4.78, 5) is 0. The first kappa shape index (κ1) is 9.93. The van der Waals surface area contributed by atoms with Crippen molar-refractivity contribution in [3.05, 3.63) is 11.6 Å². The van der Waals surface area contributed by atoms with Crippen molar-refractivity contribution >= 4 is 0 Å². The summed E-state index contributed by atoms with van der Waals surface area (Å²) in [5.41, 5.74) is 3.53. The number of fused-ring (bicyclic) bond motifs is 3. The third kappa shape index (κ3) is 0.867. The van der Waals surface area contributed by atoms with E-state index >= 15 is 0 Å². The van der Waals surface area contributed by atoms with Crippen molar-refractivity contribution in [1.82, 2.24) is 0 Å². The number of allylic oxidation sites excluding steroid dienone is 2. The highest BCUT2D eigenvalue weighted by atomic mass is 14.8. The summed E-state index contributed by atoms with van der Waals surface area (Å²) in [7, 11) is 0. The van der Waals surface area contributed by atoms with Gasteiger partial charge in [0.15, 0.2) is 0 Å². The molecule has 0 nitrogen and oxygen atoms in total. The van der Waals surface area contributed by atoms with Crippen molar-refractivity contribution in [1.29, 1.82) is 0 Å². The molecule has 0 N–H and O–H groups in total. The molecule has 0 spiro atoms. The van der Waals surface area contributed by atoms with Gasteiger partial charge in [0.25, 0.3) is 0 Å². The average molecular weight is 204 g/mol. The molecule has 3 atom stereocenters. The smallest absolute Gasteiger partial charge is 0.00516 e. The van der Waals surface area contributed by atoms with Gasteiger partial charge in [-0.05, 0) is 54.3 Å². The third-order valence-electron chi connectivity index (χ3n) is 6.65. The number of hydrogen-bond donors (Lipinski definition) is 0. The molecule has 0 radical (unpaired) electrons. The molecule has 3 rings (SSSR count). The van der Waals surface area contributed by atoms with Crippen LogP contribution in [0, 0.1) is 22.2 Å². The molecule has 3 unspecified atom stereocenters. The molecule has 0 bridgehead atoms. The molecule has 0 heteroatoms. The van der Waals surface area contributed by atoms with E-state index in [0.717, 1.165) is 5.92 Å². The first-order valence-electron chi connectivity index (χ1n) is 6.64. The van der Waals surface area contributed by atoms with Crippen LogP contribution in [-0.4, -0.2) is 0 Å². The fourth-order valence-corrected chi connectivity index (χ4v) is 5.24. The van der Waals surface area contributed by atoms with E-state index in [-0.39, 0.29) is 0 Å². The first-order chi connectivity index (χ1) is 6.94. The Morgan fingerprint density at radius 2 is 1.93 bits per heavy atom. The first-order valence-corrected chi connectivity index (χ1v) is 6.64. The summed E-state index contributed by atoms with van der Waals surface area (Å²) in [6.45, 7) is 10.1. The van der Waals surface area contributed by atoms with E-state index in [1.54, 1.807) is 5.57 Å². The van der Waals surface area contributed by atoms with Gasteiger partial charge in [0.05, 0.1) is 0 Å². The molecule has 2 saturated carbocycles. The fraction of sp³-hybridized carbons (Fsp3) is 0.867. The van der Waals surface area contributed by atoms with Crippen LogP contribution in [0.2, 0.25) is 0 Å². The van der Waals surface area contributed by atoms with Gasteiger partial charge in [-0.15, -0.1) is 0 Å². The second kappa shape index (κ2) is 2.52. The number of hydrogen-bond acceptors (Lipinski definition) is 0. The molecule has 3 aliphatic rings. The van der Waals surface area contributed by atoms with Crippen molar-refractivity contribution in [2.24, 2.45) is 22.2 Å². The van der Waals surface area contributed by atoms with Crippen LogP contribution in [0.4, 0.5) is 0 Å². The van der Waals surface area contributed by atoms with E-state index in [9.17, 15) is 0 Å². The van der Waals surface area contributed by atoms with Gasteiger partial charge in [-0.25, -0.2) is 0 Å². The van der Waals surface area contributed by atoms with E-state index in [4.69, 9.17) is 0 Å². The third-order valence-corrected chi connectivity index (χ3v) is 6.65. The van der Waals surface area contributed by atoms with Gasteiger partial charge in [0.1, 0.15) is 0 Å². The molecule has 0 amide bonds. The van der Waals surface area contributed by atoms with Gasteiger partial charge in [0.2, 0.25) is 0 Å². The van der Waals surface area contributed by atoms with Crippen LogP contribution >= 0.6 is 0 Å². The van der Waals surface area contributed by atoms with Gasteiger partial charge >= 0.3 is 0 Å². The molecule has 0 heterocycles. The normalized spacial score (nSPS) is 51.5. The zero-order valence-electron chi connectivity index (χ0n) is 10.7. The molecule has 0 aromatic rings. The summed E-state index contributed by atoms with van der Waals surface area (Å²) in [5.74, 6) is 0.985. The summed E-state index contributed by atoms with van der Waals surface area (Å²) in [5, 5.41) is 0. The lowest BCUT2D eigenvalue weighted by molar-refractivity contribution is 0.175.